The summed E-state index contributed by atoms with van der Waals surface area (Å²) >= 11 is 1.33. The number of hydrogen-bond donors (Lipinski definition) is 3. The average molecular weight is 767 g/mol. The van der Waals surface area contributed by atoms with Crippen LogP contribution in [0.3, 0.4) is 0 Å². The summed E-state index contributed by atoms with van der Waals surface area (Å²) in [6, 6.07) is 14.5. The standard InChI is InChI=1S/C40H52F2N6O5S/c1-39(2,3)37(32-20-28(30-21-29(41)12-13-31(30)42)24-46(32)23-27-10-7-6-8-11-27)47(18-9-15-43)36(52)26-54-19-14-33(49)44-16-17-45-34(50)25-48-35(51)22-40(4,5)38(48)53/h6-8,10-13,20-21,24,37H,9,14-19,22-23,25-26,43H2,1-5H3,(H,44,49)(H,45,50)/t37-/m0/s1. The molecule has 0 spiro atoms. The van der Waals surface area contributed by atoms with E-state index in [1.165, 1.54) is 17.8 Å². The number of benzene rings is 2. The lowest BCUT2D eigenvalue weighted by Gasteiger charge is -2.41. The third-order valence-electron chi connectivity index (χ3n) is 9.19. The van der Waals surface area contributed by atoms with Gasteiger partial charge in [-0.25, -0.2) is 8.78 Å². The van der Waals surface area contributed by atoms with Crippen LogP contribution in [-0.2, 0) is 30.5 Å². The minimum absolute atomic E-state index is 0.0613. The minimum Gasteiger partial charge on any atom is -0.354 e. The van der Waals surface area contributed by atoms with Crippen LogP contribution < -0.4 is 16.4 Å². The zero-order valence-corrected chi connectivity index (χ0v) is 32.6. The van der Waals surface area contributed by atoms with E-state index in [0.29, 0.717) is 37.4 Å². The number of nitrogens with zero attached hydrogens (tertiary/aromatic N) is 3. The van der Waals surface area contributed by atoms with Crippen LogP contribution in [0.4, 0.5) is 8.78 Å². The minimum atomic E-state index is -0.822. The molecule has 3 aromatic rings. The van der Waals surface area contributed by atoms with Crippen LogP contribution in [0.25, 0.3) is 11.1 Å². The molecule has 0 aliphatic carbocycles. The van der Waals surface area contributed by atoms with Crippen molar-refractivity contribution in [2.45, 2.75) is 66.5 Å². The van der Waals surface area contributed by atoms with E-state index in [1.807, 2.05) is 66.6 Å². The largest absolute Gasteiger partial charge is 0.354 e. The van der Waals surface area contributed by atoms with Crippen molar-refractivity contribution in [1.29, 1.82) is 0 Å². The first kappa shape index (κ1) is 42.2. The van der Waals surface area contributed by atoms with Crippen molar-refractivity contribution in [1.82, 2.24) is 25.0 Å². The molecule has 1 saturated heterocycles. The molecule has 2 aromatic carbocycles. The highest BCUT2D eigenvalue weighted by Gasteiger charge is 2.45. The van der Waals surface area contributed by atoms with Gasteiger partial charge in [0.1, 0.15) is 18.2 Å². The van der Waals surface area contributed by atoms with E-state index in [4.69, 9.17) is 5.73 Å². The number of halogens is 2. The zero-order valence-electron chi connectivity index (χ0n) is 31.8. The van der Waals surface area contributed by atoms with Crippen LogP contribution in [0.5, 0.6) is 0 Å². The van der Waals surface area contributed by atoms with Gasteiger partial charge in [-0.1, -0.05) is 65.0 Å². The van der Waals surface area contributed by atoms with E-state index < -0.39 is 34.4 Å². The highest BCUT2D eigenvalue weighted by Crippen LogP contribution is 2.41. The summed E-state index contributed by atoms with van der Waals surface area (Å²) in [5, 5.41) is 5.35. The van der Waals surface area contributed by atoms with Gasteiger partial charge in [0.15, 0.2) is 0 Å². The lowest BCUT2D eigenvalue weighted by Crippen LogP contribution is -2.44. The molecule has 5 amide bonds. The second-order valence-electron chi connectivity index (χ2n) is 15.2. The highest BCUT2D eigenvalue weighted by atomic mass is 32.2. The maximum atomic E-state index is 15.0. The van der Waals surface area contributed by atoms with Crippen molar-refractivity contribution in [3.8, 4) is 11.1 Å². The number of aromatic nitrogens is 1. The van der Waals surface area contributed by atoms with Gasteiger partial charge >= 0.3 is 0 Å². The van der Waals surface area contributed by atoms with Gasteiger partial charge < -0.3 is 25.8 Å². The molecular weight excluding hydrogens is 715 g/mol. The van der Waals surface area contributed by atoms with Crippen molar-refractivity contribution < 1.29 is 32.8 Å². The molecule has 0 unspecified atom stereocenters. The zero-order chi connectivity index (χ0) is 39.6. The van der Waals surface area contributed by atoms with Gasteiger partial charge in [-0.15, -0.1) is 0 Å². The fourth-order valence-corrected chi connectivity index (χ4v) is 7.37. The first-order valence-electron chi connectivity index (χ1n) is 18.2. The van der Waals surface area contributed by atoms with Crippen LogP contribution in [0.1, 0.15) is 71.2 Å². The number of nitrogens with one attached hydrogen (secondary N) is 2. The second-order valence-corrected chi connectivity index (χ2v) is 16.3. The molecule has 14 heteroatoms. The number of amides is 5. The van der Waals surface area contributed by atoms with Gasteiger partial charge in [0.25, 0.3) is 0 Å². The Labute approximate surface area is 320 Å². The Morgan fingerprint density at radius 1 is 1.00 bits per heavy atom. The SMILES string of the molecule is CC1(C)CC(=O)N(CC(=O)NCCNC(=O)CCSCC(=O)N(CCCN)[C@@H](c2cc(-c3cc(F)ccc3F)cn2Cc2ccccc2)C(C)(C)C)C1=O. The number of rotatable bonds is 18. The molecule has 1 aliphatic rings. The van der Waals surface area contributed by atoms with Crippen molar-refractivity contribution >= 4 is 41.3 Å². The number of imide groups is 1. The summed E-state index contributed by atoms with van der Waals surface area (Å²) in [4.78, 5) is 66.1. The predicted molar refractivity (Wildman–Crippen MR) is 206 cm³/mol. The number of carbonyl (C=O) groups excluding carboxylic acids is 5. The Kier molecular flexibility index (Phi) is 14.6. The molecule has 2 heterocycles. The summed E-state index contributed by atoms with van der Waals surface area (Å²) < 4.78 is 31.4. The normalized spacial score (nSPS) is 14.6. The summed E-state index contributed by atoms with van der Waals surface area (Å²) in [7, 11) is 0. The Balaban J connectivity index is 1.39. The summed E-state index contributed by atoms with van der Waals surface area (Å²) in [5.41, 5.74) is 7.03. The molecule has 0 bridgehead atoms. The molecule has 0 saturated carbocycles. The molecule has 54 heavy (non-hydrogen) atoms. The second kappa shape index (κ2) is 18.7. The monoisotopic (exact) mass is 766 g/mol. The van der Waals surface area contributed by atoms with Crippen LogP contribution in [-0.4, -0.2) is 88.1 Å². The molecule has 0 radical (unpaired) electrons. The molecule has 11 nitrogen and oxygen atoms in total. The summed E-state index contributed by atoms with van der Waals surface area (Å²) in [5.74, 6) is -2.27. The fraction of sp³-hybridized carbons (Fsp3) is 0.475. The highest BCUT2D eigenvalue weighted by molar-refractivity contribution is 7.99. The third kappa shape index (κ3) is 11.2. The smallest absolute Gasteiger partial charge is 0.240 e. The van der Waals surface area contributed by atoms with Gasteiger partial charge in [0.05, 0.1) is 17.2 Å². The first-order valence-corrected chi connectivity index (χ1v) is 19.3. The topological polar surface area (TPSA) is 147 Å². The Morgan fingerprint density at radius 2 is 1.69 bits per heavy atom. The van der Waals surface area contributed by atoms with E-state index >= 15 is 4.39 Å². The fourth-order valence-electron chi connectivity index (χ4n) is 6.56. The Morgan fingerprint density at radius 3 is 2.31 bits per heavy atom. The molecule has 1 fully saturated rings. The Bertz CT molecular complexity index is 1810. The van der Waals surface area contributed by atoms with Gasteiger partial charge in [-0.2, -0.15) is 11.8 Å². The van der Waals surface area contributed by atoms with Crippen molar-refractivity contribution in [2.24, 2.45) is 16.6 Å². The van der Waals surface area contributed by atoms with E-state index in [9.17, 15) is 28.4 Å². The predicted octanol–water partition coefficient (Wildman–Crippen LogP) is 4.89. The third-order valence-corrected chi connectivity index (χ3v) is 10.1. The summed E-state index contributed by atoms with van der Waals surface area (Å²) in [6.45, 7) is 10.6. The average Bonchev–Trinajstić information content (AvgIpc) is 3.59. The van der Waals surface area contributed by atoms with Crippen molar-refractivity contribution in [2.75, 3.05) is 44.2 Å². The Hall–Kier alpha value is -4.56. The van der Waals surface area contributed by atoms with Crippen LogP contribution >= 0.6 is 11.8 Å². The van der Waals surface area contributed by atoms with Crippen molar-refractivity contribution in [3.63, 3.8) is 0 Å². The molecule has 1 aromatic heterocycles. The van der Waals surface area contributed by atoms with E-state index in [-0.39, 0.29) is 67.4 Å². The quantitative estimate of drug-likeness (QED) is 0.124. The lowest BCUT2D eigenvalue weighted by molar-refractivity contribution is -0.144. The van der Waals surface area contributed by atoms with Crippen LogP contribution in [0.15, 0.2) is 60.8 Å². The molecule has 4 rings (SSSR count). The van der Waals surface area contributed by atoms with Gasteiger partial charge in [-0.05, 0) is 48.2 Å². The van der Waals surface area contributed by atoms with E-state index in [1.54, 1.807) is 20.0 Å². The summed E-state index contributed by atoms with van der Waals surface area (Å²) in [6.07, 6.45) is 2.56. The molecule has 292 valence electrons. The lowest BCUT2D eigenvalue weighted by atomic mass is 9.83. The van der Waals surface area contributed by atoms with E-state index in [2.05, 4.69) is 10.6 Å². The number of likely N-dealkylation sites (tertiary alicyclic amines) is 1. The number of hydrogen-bond acceptors (Lipinski definition) is 7. The van der Waals surface area contributed by atoms with Crippen LogP contribution in [0.2, 0.25) is 0 Å². The van der Waals surface area contributed by atoms with Gasteiger partial charge in [0, 0.05) is 67.8 Å². The maximum Gasteiger partial charge on any atom is 0.240 e. The molecule has 1 aliphatic heterocycles. The van der Waals surface area contributed by atoms with Gasteiger partial charge in [0.2, 0.25) is 29.5 Å². The number of carbonyl (C=O) groups is 5. The molecule has 1 atom stereocenters. The first-order chi connectivity index (χ1) is 25.5. The number of thioether (sulfide) groups is 1. The van der Waals surface area contributed by atoms with Gasteiger partial charge in [-0.3, -0.25) is 28.9 Å². The molecule has 4 N–H and O–H groups in total. The van der Waals surface area contributed by atoms with E-state index in [0.717, 1.165) is 28.3 Å². The number of nitrogens with two attached hydrogens (primary N) is 1. The van der Waals surface area contributed by atoms with Crippen molar-refractivity contribution in [3.05, 3.63) is 83.7 Å². The maximum absolute atomic E-state index is 15.0. The molecular formula is C40H52F2N6O5S. The van der Waals surface area contributed by atoms with Crippen LogP contribution in [0, 0.1) is 22.5 Å².